The van der Waals surface area contributed by atoms with Crippen molar-refractivity contribution in [1.82, 2.24) is 19.5 Å². The summed E-state index contributed by atoms with van der Waals surface area (Å²) in [4.78, 5) is 2.29. The number of ether oxygens (including phenoxy) is 1. The van der Waals surface area contributed by atoms with Crippen molar-refractivity contribution in [3.63, 3.8) is 0 Å². The third kappa shape index (κ3) is 3.77. The van der Waals surface area contributed by atoms with Crippen molar-refractivity contribution in [1.29, 1.82) is 0 Å². The van der Waals surface area contributed by atoms with Crippen LogP contribution in [0.5, 0.6) is 0 Å². The van der Waals surface area contributed by atoms with E-state index >= 15 is 0 Å². The average molecular weight is 352 g/mol. The Balaban J connectivity index is 1.35. The Hall–Kier alpha value is -2.28. The third-order valence-electron chi connectivity index (χ3n) is 4.87. The predicted octanol–water partition coefficient (Wildman–Crippen LogP) is 2.44. The van der Waals surface area contributed by atoms with E-state index in [1.165, 1.54) is 0 Å². The minimum atomic E-state index is -0.515. The molecule has 1 aliphatic rings. The highest BCUT2D eigenvalue weighted by Crippen LogP contribution is 2.31. The first-order chi connectivity index (χ1) is 12.8. The zero-order valence-electron chi connectivity index (χ0n) is 14.7. The molecular weight excluding hydrogens is 328 g/mol. The van der Waals surface area contributed by atoms with Crippen LogP contribution in [0.3, 0.4) is 0 Å². The molecule has 0 amide bonds. The number of pyridine rings is 1. The van der Waals surface area contributed by atoms with E-state index in [9.17, 15) is 5.11 Å². The highest BCUT2D eigenvalue weighted by molar-refractivity contribution is 5.37. The Morgan fingerprint density at radius 1 is 1.12 bits per heavy atom. The Morgan fingerprint density at radius 2 is 1.96 bits per heavy atom. The molecule has 1 aliphatic heterocycles. The van der Waals surface area contributed by atoms with Gasteiger partial charge >= 0.3 is 0 Å². The summed E-state index contributed by atoms with van der Waals surface area (Å²) in [7, 11) is 0. The summed E-state index contributed by atoms with van der Waals surface area (Å²) in [6, 6.07) is 16.1. The van der Waals surface area contributed by atoms with Crippen LogP contribution in [0.15, 0.2) is 54.7 Å². The van der Waals surface area contributed by atoms with Crippen LogP contribution in [0.1, 0.15) is 30.3 Å². The van der Waals surface area contributed by atoms with Gasteiger partial charge in [-0.3, -0.25) is 9.30 Å². The van der Waals surface area contributed by atoms with Gasteiger partial charge in [-0.25, -0.2) is 0 Å². The van der Waals surface area contributed by atoms with Gasteiger partial charge in [0, 0.05) is 12.7 Å². The van der Waals surface area contributed by atoms with Crippen molar-refractivity contribution >= 4 is 5.65 Å². The molecule has 2 atom stereocenters. The molecule has 3 aromatic rings. The molecule has 0 radical (unpaired) electrons. The first-order valence-corrected chi connectivity index (χ1v) is 9.15. The molecule has 0 unspecified atom stereocenters. The molecule has 3 heterocycles. The van der Waals surface area contributed by atoms with Crippen molar-refractivity contribution < 1.29 is 9.84 Å². The first kappa shape index (κ1) is 17.1. The zero-order chi connectivity index (χ0) is 17.8. The minimum Gasteiger partial charge on any atom is -0.389 e. The SMILES string of the molecule is O[C@@H](COCc1ccccc1)CN1CCC[C@H]1c1nnc2ccccn12. The number of likely N-dealkylation sites (tertiary alicyclic amines) is 1. The van der Waals surface area contributed by atoms with Crippen LogP contribution in [-0.2, 0) is 11.3 Å². The van der Waals surface area contributed by atoms with Gasteiger partial charge in [0.05, 0.1) is 25.4 Å². The summed E-state index contributed by atoms with van der Waals surface area (Å²) in [5.41, 5.74) is 1.98. The molecule has 6 nitrogen and oxygen atoms in total. The maximum atomic E-state index is 10.4. The normalized spacial score (nSPS) is 19.2. The summed E-state index contributed by atoms with van der Waals surface area (Å²) in [5, 5.41) is 19.1. The summed E-state index contributed by atoms with van der Waals surface area (Å²) in [6.07, 6.45) is 3.62. The molecule has 136 valence electrons. The van der Waals surface area contributed by atoms with Gasteiger partial charge in [-0.15, -0.1) is 10.2 Å². The fraction of sp³-hybridized carbons (Fsp3) is 0.400. The molecule has 26 heavy (non-hydrogen) atoms. The van der Waals surface area contributed by atoms with Gasteiger partial charge in [0.2, 0.25) is 0 Å². The zero-order valence-corrected chi connectivity index (χ0v) is 14.7. The maximum Gasteiger partial charge on any atom is 0.160 e. The van der Waals surface area contributed by atoms with Crippen molar-refractivity contribution in [3.8, 4) is 0 Å². The lowest BCUT2D eigenvalue weighted by molar-refractivity contribution is 0.00716. The Labute approximate surface area is 153 Å². The third-order valence-corrected chi connectivity index (χ3v) is 4.87. The van der Waals surface area contributed by atoms with Gasteiger partial charge in [-0.2, -0.15) is 0 Å². The van der Waals surface area contributed by atoms with Gasteiger partial charge < -0.3 is 9.84 Å². The highest BCUT2D eigenvalue weighted by Gasteiger charge is 2.31. The molecular formula is C20H24N4O2. The Bertz CT molecular complexity index is 836. The maximum absolute atomic E-state index is 10.4. The number of β-amino-alcohol motifs (C(OH)–C–C–N with tert-alkyl or cyclic N) is 1. The van der Waals surface area contributed by atoms with Crippen molar-refractivity contribution in [2.24, 2.45) is 0 Å². The number of benzene rings is 1. The van der Waals surface area contributed by atoms with Gasteiger partial charge in [0.15, 0.2) is 11.5 Å². The van der Waals surface area contributed by atoms with Crippen LogP contribution in [-0.4, -0.2) is 50.4 Å². The molecule has 1 fully saturated rings. The molecule has 4 rings (SSSR count). The second-order valence-corrected chi connectivity index (χ2v) is 6.79. The molecule has 0 bridgehead atoms. The number of hydrogen-bond acceptors (Lipinski definition) is 5. The molecule has 1 aromatic carbocycles. The second kappa shape index (κ2) is 7.95. The Morgan fingerprint density at radius 3 is 2.85 bits per heavy atom. The van der Waals surface area contributed by atoms with E-state index in [0.29, 0.717) is 19.8 Å². The summed E-state index contributed by atoms with van der Waals surface area (Å²) < 4.78 is 7.72. The smallest absolute Gasteiger partial charge is 0.160 e. The van der Waals surface area contributed by atoms with Crippen LogP contribution in [0.4, 0.5) is 0 Å². The van der Waals surface area contributed by atoms with Gasteiger partial charge in [0.1, 0.15) is 0 Å². The van der Waals surface area contributed by atoms with E-state index in [2.05, 4.69) is 15.1 Å². The first-order valence-electron chi connectivity index (χ1n) is 9.15. The number of fused-ring (bicyclic) bond motifs is 1. The summed E-state index contributed by atoms with van der Waals surface area (Å²) >= 11 is 0. The van der Waals surface area contributed by atoms with Crippen molar-refractivity contribution in [3.05, 3.63) is 66.1 Å². The molecule has 6 heteroatoms. The molecule has 0 spiro atoms. The average Bonchev–Trinajstić information content (AvgIpc) is 3.29. The summed E-state index contributed by atoms with van der Waals surface area (Å²) in [6.45, 7) is 2.40. The highest BCUT2D eigenvalue weighted by atomic mass is 16.5. The van der Waals surface area contributed by atoms with Crippen LogP contribution in [0.2, 0.25) is 0 Å². The molecule has 0 saturated carbocycles. The molecule has 1 saturated heterocycles. The molecule has 2 aromatic heterocycles. The van der Waals surface area contributed by atoms with E-state index in [1.54, 1.807) is 0 Å². The predicted molar refractivity (Wildman–Crippen MR) is 98.6 cm³/mol. The number of aliphatic hydroxyl groups excluding tert-OH is 1. The van der Waals surface area contributed by atoms with Crippen LogP contribution >= 0.6 is 0 Å². The standard InChI is InChI=1S/C20H24N4O2/c25-17(15-26-14-16-7-2-1-3-8-16)13-23-11-6-9-18(23)20-22-21-19-10-4-5-12-24(19)20/h1-5,7-8,10,12,17-18,25H,6,9,11,13-15H2/t17-,18+/m1/s1. The largest absolute Gasteiger partial charge is 0.389 e. The van der Waals surface area contributed by atoms with Gasteiger partial charge in [-0.1, -0.05) is 36.4 Å². The summed E-state index contributed by atoms with van der Waals surface area (Å²) in [5.74, 6) is 0.954. The fourth-order valence-corrected chi connectivity index (χ4v) is 3.63. The second-order valence-electron chi connectivity index (χ2n) is 6.79. The van der Waals surface area contributed by atoms with E-state index < -0.39 is 6.10 Å². The van der Waals surface area contributed by atoms with E-state index in [1.807, 2.05) is 59.1 Å². The lowest BCUT2D eigenvalue weighted by atomic mass is 10.2. The lowest BCUT2D eigenvalue weighted by Crippen LogP contribution is -2.35. The number of aromatic nitrogens is 3. The minimum absolute atomic E-state index is 0.191. The van der Waals surface area contributed by atoms with Gasteiger partial charge in [0.25, 0.3) is 0 Å². The number of nitrogens with zero attached hydrogens (tertiary/aromatic N) is 4. The number of rotatable bonds is 7. The van der Waals surface area contributed by atoms with Crippen LogP contribution in [0, 0.1) is 0 Å². The monoisotopic (exact) mass is 352 g/mol. The fourth-order valence-electron chi connectivity index (χ4n) is 3.63. The van der Waals surface area contributed by atoms with E-state index in [0.717, 1.165) is 36.4 Å². The van der Waals surface area contributed by atoms with Crippen molar-refractivity contribution in [2.45, 2.75) is 31.6 Å². The van der Waals surface area contributed by atoms with Crippen LogP contribution in [0.25, 0.3) is 5.65 Å². The van der Waals surface area contributed by atoms with Gasteiger partial charge in [-0.05, 0) is 37.1 Å². The Kier molecular flexibility index (Phi) is 5.24. The number of hydrogen-bond donors (Lipinski definition) is 1. The van der Waals surface area contributed by atoms with Crippen molar-refractivity contribution in [2.75, 3.05) is 19.7 Å². The molecule has 0 aliphatic carbocycles. The lowest BCUT2D eigenvalue weighted by Gasteiger charge is -2.25. The number of aliphatic hydroxyl groups is 1. The quantitative estimate of drug-likeness (QED) is 0.708. The van der Waals surface area contributed by atoms with Crippen LogP contribution < -0.4 is 0 Å². The molecule has 1 N–H and O–H groups in total. The topological polar surface area (TPSA) is 62.9 Å². The van der Waals surface area contributed by atoms with E-state index in [4.69, 9.17) is 4.74 Å². The van der Waals surface area contributed by atoms with E-state index in [-0.39, 0.29) is 6.04 Å².